The number of hydrogen-bond acceptors (Lipinski definition) is 2. The molecule has 84 valence electrons. The Balaban J connectivity index is 2.10. The molecule has 0 aromatic rings. The third-order valence-electron chi connectivity index (χ3n) is 3.06. The van der Waals surface area contributed by atoms with Gasteiger partial charge in [0.05, 0.1) is 0 Å². The molecule has 1 N–H and O–H groups in total. The SMILES string of the molecule is CCSCCNC1CC(C)CC(C)C1. The van der Waals surface area contributed by atoms with Crippen molar-refractivity contribution in [3.8, 4) is 0 Å². The molecule has 14 heavy (non-hydrogen) atoms. The fourth-order valence-corrected chi connectivity index (χ4v) is 3.14. The van der Waals surface area contributed by atoms with E-state index in [1.807, 2.05) is 11.8 Å². The highest BCUT2D eigenvalue weighted by Crippen LogP contribution is 2.28. The highest BCUT2D eigenvalue weighted by atomic mass is 32.2. The molecule has 0 heterocycles. The van der Waals surface area contributed by atoms with Crippen molar-refractivity contribution in [2.75, 3.05) is 18.1 Å². The van der Waals surface area contributed by atoms with Gasteiger partial charge in [-0.3, -0.25) is 0 Å². The summed E-state index contributed by atoms with van der Waals surface area (Å²) in [7, 11) is 0. The van der Waals surface area contributed by atoms with Crippen LogP contribution in [0.5, 0.6) is 0 Å². The van der Waals surface area contributed by atoms with Crippen LogP contribution in [0.4, 0.5) is 0 Å². The Labute approximate surface area is 93.4 Å². The first kappa shape index (κ1) is 12.4. The van der Waals surface area contributed by atoms with Crippen LogP contribution < -0.4 is 5.32 Å². The van der Waals surface area contributed by atoms with Gasteiger partial charge in [-0.25, -0.2) is 0 Å². The van der Waals surface area contributed by atoms with Crippen molar-refractivity contribution in [1.82, 2.24) is 5.32 Å². The van der Waals surface area contributed by atoms with Crippen molar-refractivity contribution in [2.45, 2.75) is 46.1 Å². The summed E-state index contributed by atoms with van der Waals surface area (Å²) >= 11 is 2.04. The molecule has 0 aromatic carbocycles. The molecule has 2 heteroatoms. The van der Waals surface area contributed by atoms with Crippen LogP contribution in [-0.4, -0.2) is 24.1 Å². The fourth-order valence-electron chi connectivity index (χ4n) is 2.59. The van der Waals surface area contributed by atoms with E-state index >= 15 is 0 Å². The molecule has 1 saturated carbocycles. The maximum Gasteiger partial charge on any atom is 0.00724 e. The molecule has 0 amide bonds. The first-order chi connectivity index (χ1) is 6.72. The van der Waals surface area contributed by atoms with Crippen molar-refractivity contribution in [2.24, 2.45) is 11.8 Å². The predicted octanol–water partition coefficient (Wildman–Crippen LogP) is 3.15. The summed E-state index contributed by atoms with van der Waals surface area (Å²) in [6.45, 7) is 8.22. The molecule has 2 unspecified atom stereocenters. The van der Waals surface area contributed by atoms with Gasteiger partial charge < -0.3 is 5.32 Å². The minimum atomic E-state index is 0.797. The van der Waals surface area contributed by atoms with Crippen LogP contribution in [0, 0.1) is 11.8 Å². The fraction of sp³-hybridized carbons (Fsp3) is 1.00. The predicted molar refractivity (Wildman–Crippen MR) is 67.0 cm³/mol. The quantitative estimate of drug-likeness (QED) is 0.707. The van der Waals surface area contributed by atoms with Crippen LogP contribution in [-0.2, 0) is 0 Å². The Morgan fingerprint density at radius 3 is 2.36 bits per heavy atom. The number of thioether (sulfide) groups is 1. The highest BCUT2D eigenvalue weighted by Gasteiger charge is 2.22. The van der Waals surface area contributed by atoms with Gasteiger partial charge in [0, 0.05) is 18.3 Å². The number of hydrogen-bond donors (Lipinski definition) is 1. The maximum absolute atomic E-state index is 3.70. The molecular formula is C12H25NS. The normalized spacial score (nSPS) is 33.2. The van der Waals surface area contributed by atoms with E-state index in [0.29, 0.717) is 0 Å². The Morgan fingerprint density at radius 2 is 1.79 bits per heavy atom. The second kappa shape index (κ2) is 6.73. The summed E-state index contributed by atoms with van der Waals surface area (Å²) in [5.41, 5.74) is 0. The van der Waals surface area contributed by atoms with Gasteiger partial charge in [-0.2, -0.15) is 11.8 Å². The minimum absolute atomic E-state index is 0.797. The van der Waals surface area contributed by atoms with Crippen molar-refractivity contribution >= 4 is 11.8 Å². The number of nitrogens with one attached hydrogen (secondary N) is 1. The summed E-state index contributed by atoms with van der Waals surface area (Å²) in [6, 6.07) is 0.797. The molecule has 1 nitrogen and oxygen atoms in total. The average molecular weight is 215 g/mol. The molecule has 1 aliphatic rings. The topological polar surface area (TPSA) is 12.0 Å². The van der Waals surface area contributed by atoms with Crippen LogP contribution in [0.25, 0.3) is 0 Å². The first-order valence-electron chi connectivity index (χ1n) is 6.03. The first-order valence-corrected chi connectivity index (χ1v) is 7.19. The summed E-state index contributed by atoms with van der Waals surface area (Å²) in [5.74, 6) is 4.37. The molecule has 1 aliphatic carbocycles. The molecule has 0 bridgehead atoms. The Kier molecular flexibility index (Phi) is 5.95. The van der Waals surface area contributed by atoms with E-state index in [-0.39, 0.29) is 0 Å². The van der Waals surface area contributed by atoms with Gasteiger partial charge in [-0.1, -0.05) is 20.8 Å². The second-order valence-corrected chi connectivity index (χ2v) is 6.16. The molecule has 0 radical (unpaired) electrons. The Bertz CT molecular complexity index is 139. The van der Waals surface area contributed by atoms with Gasteiger partial charge in [0.1, 0.15) is 0 Å². The van der Waals surface area contributed by atoms with Gasteiger partial charge in [0.2, 0.25) is 0 Å². The van der Waals surface area contributed by atoms with E-state index in [1.165, 1.54) is 37.3 Å². The largest absolute Gasteiger partial charge is 0.313 e. The van der Waals surface area contributed by atoms with Gasteiger partial charge in [-0.15, -0.1) is 0 Å². The summed E-state index contributed by atoms with van der Waals surface area (Å²) in [6.07, 6.45) is 4.21. The molecule has 1 fully saturated rings. The van der Waals surface area contributed by atoms with Crippen LogP contribution in [0.2, 0.25) is 0 Å². The maximum atomic E-state index is 3.70. The smallest absolute Gasteiger partial charge is 0.00724 e. The van der Waals surface area contributed by atoms with Gasteiger partial charge in [0.15, 0.2) is 0 Å². The van der Waals surface area contributed by atoms with Gasteiger partial charge in [0.25, 0.3) is 0 Å². The van der Waals surface area contributed by atoms with E-state index in [4.69, 9.17) is 0 Å². The zero-order chi connectivity index (χ0) is 10.4. The molecule has 0 spiro atoms. The Morgan fingerprint density at radius 1 is 1.14 bits per heavy atom. The zero-order valence-electron chi connectivity index (χ0n) is 9.88. The van der Waals surface area contributed by atoms with Crippen molar-refractivity contribution in [3.05, 3.63) is 0 Å². The molecular weight excluding hydrogens is 190 g/mol. The lowest BCUT2D eigenvalue weighted by atomic mass is 9.80. The van der Waals surface area contributed by atoms with Crippen LogP contribution in [0.15, 0.2) is 0 Å². The summed E-state index contributed by atoms with van der Waals surface area (Å²) in [5, 5.41) is 3.70. The van der Waals surface area contributed by atoms with Gasteiger partial charge >= 0.3 is 0 Å². The van der Waals surface area contributed by atoms with E-state index < -0.39 is 0 Å². The zero-order valence-corrected chi connectivity index (χ0v) is 10.7. The lowest BCUT2D eigenvalue weighted by molar-refractivity contribution is 0.242. The van der Waals surface area contributed by atoms with E-state index in [1.54, 1.807) is 0 Å². The van der Waals surface area contributed by atoms with E-state index in [0.717, 1.165) is 17.9 Å². The molecule has 0 saturated heterocycles. The van der Waals surface area contributed by atoms with E-state index in [9.17, 15) is 0 Å². The molecule has 2 atom stereocenters. The third-order valence-corrected chi connectivity index (χ3v) is 3.96. The molecule has 0 aliphatic heterocycles. The standard InChI is InChI=1S/C12H25NS/c1-4-14-6-5-13-12-8-10(2)7-11(3)9-12/h10-13H,4-9H2,1-3H3. The number of rotatable bonds is 5. The molecule has 1 rings (SSSR count). The van der Waals surface area contributed by atoms with Crippen LogP contribution in [0.1, 0.15) is 40.0 Å². The monoisotopic (exact) mass is 215 g/mol. The lowest BCUT2D eigenvalue weighted by Crippen LogP contribution is -2.37. The summed E-state index contributed by atoms with van der Waals surface area (Å²) < 4.78 is 0. The van der Waals surface area contributed by atoms with Crippen LogP contribution >= 0.6 is 11.8 Å². The van der Waals surface area contributed by atoms with Crippen molar-refractivity contribution < 1.29 is 0 Å². The lowest BCUT2D eigenvalue weighted by Gasteiger charge is -2.32. The molecule has 0 aromatic heterocycles. The van der Waals surface area contributed by atoms with Crippen LogP contribution in [0.3, 0.4) is 0 Å². The average Bonchev–Trinajstić information content (AvgIpc) is 2.11. The summed E-state index contributed by atoms with van der Waals surface area (Å²) in [4.78, 5) is 0. The minimum Gasteiger partial charge on any atom is -0.313 e. The van der Waals surface area contributed by atoms with Crippen molar-refractivity contribution in [1.29, 1.82) is 0 Å². The van der Waals surface area contributed by atoms with Gasteiger partial charge in [-0.05, 0) is 36.9 Å². The second-order valence-electron chi connectivity index (χ2n) is 4.77. The van der Waals surface area contributed by atoms with Crippen molar-refractivity contribution in [3.63, 3.8) is 0 Å². The highest BCUT2D eigenvalue weighted by molar-refractivity contribution is 7.99. The third kappa shape index (κ3) is 4.70. The Hall–Kier alpha value is 0.310. The van der Waals surface area contributed by atoms with E-state index in [2.05, 4.69) is 26.1 Å².